The van der Waals surface area contributed by atoms with Crippen molar-refractivity contribution in [2.75, 3.05) is 13.1 Å². The van der Waals surface area contributed by atoms with Gasteiger partial charge in [-0.25, -0.2) is 4.98 Å². The largest absolute Gasteiger partial charge is 0.373 e. The SMILES string of the molecule is CC1CN(Cc2cscn2)CC(C)O1. The highest BCUT2D eigenvalue weighted by atomic mass is 32.1. The lowest BCUT2D eigenvalue weighted by molar-refractivity contribution is -0.0707. The molecule has 2 atom stereocenters. The van der Waals surface area contributed by atoms with E-state index in [-0.39, 0.29) is 0 Å². The molecule has 0 radical (unpaired) electrons. The molecule has 2 heterocycles. The van der Waals surface area contributed by atoms with Gasteiger partial charge in [-0.05, 0) is 13.8 Å². The Bertz CT molecular complexity index is 266. The molecule has 0 N–H and O–H groups in total. The van der Waals surface area contributed by atoms with Crippen LogP contribution in [-0.4, -0.2) is 35.2 Å². The van der Waals surface area contributed by atoms with Crippen molar-refractivity contribution in [1.82, 2.24) is 9.88 Å². The molecule has 1 aromatic rings. The van der Waals surface area contributed by atoms with Crippen molar-refractivity contribution in [3.8, 4) is 0 Å². The molecule has 0 aliphatic carbocycles. The highest BCUT2D eigenvalue weighted by Crippen LogP contribution is 2.13. The molecule has 0 saturated carbocycles. The molecule has 4 heteroatoms. The van der Waals surface area contributed by atoms with Gasteiger partial charge in [-0.15, -0.1) is 11.3 Å². The molecule has 78 valence electrons. The summed E-state index contributed by atoms with van der Waals surface area (Å²) in [6, 6.07) is 0. The van der Waals surface area contributed by atoms with Crippen molar-refractivity contribution in [1.29, 1.82) is 0 Å². The Hall–Kier alpha value is -0.450. The van der Waals surface area contributed by atoms with Crippen molar-refractivity contribution in [2.45, 2.75) is 32.6 Å². The summed E-state index contributed by atoms with van der Waals surface area (Å²) < 4.78 is 5.68. The van der Waals surface area contributed by atoms with E-state index in [0.29, 0.717) is 12.2 Å². The van der Waals surface area contributed by atoms with E-state index in [1.54, 1.807) is 11.3 Å². The number of nitrogens with zero attached hydrogens (tertiary/aromatic N) is 2. The number of thiazole rings is 1. The molecule has 1 aliphatic heterocycles. The van der Waals surface area contributed by atoms with E-state index in [1.807, 2.05) is 5.51 Å². The van der Waals surface area contributed by atoms with E-state index in [4.69, 9.17) is 4.74 Å². The Kier molecular flexibility index (Phi) is 3.15. The average molecular weight is 212 g/mol. The highest BCUT2D eigenvalue weighted by molar-refractivity contribution is 7.07. The summed E-state index contributed by atoms with van der Waals surface area (Å²) in [6.45, 7) is 7.25. The average Bonchev–Trinajstić information content (AvgIpc) is 2.54. The monoisotopic (exact) mass is 212 g/mol. The number of hydrogen-bond donors (Lipinski definition) is 0. The Labute approximate surface area is 88.7 Å². The molecule has 0 aromatic carbocycles. The molecule has 0 amide bonds. The zero-order chi connectivity index (χ0) is 9.97. The summed E-state index contributed by atoms with van der Waals surface area (Å²) in [5.41, 5.74) is 3.07. The smallest absolute Gasteiger partial charge is 0.0795 e. The fraction of sp³-hybridized carbons (Fsp3) is 0.700. The number of ether oxygens (including phenoxy) is 1. The molecule has 0 bridgehead atoms. The Morgan fingerprint density at radius 3 is 2.79 bits per heavy atom. The van der Waals surface area contributed by atoms with Crippen LogP contribution in [0.2, 0.25) is 0 Å². The Morgan fingerprint density at radius 1 is 1.50 bits per heavy atom. The summed E-state index contributed by atoms with van der Waals surface area (Å²) in [5, 5.41) is 2.12. The third kappa shape index (κ3) is 2.53. The van der Waals surface area contributed by atoms with E-state index in [9.17, 15) is 0 Å². The van der Waals surface area contributed by atoms with Gasteiger partial charge in [0.15, 0.2) is 0 Å². The number of hydrogen-bond acceptors (Lipinski definition) is 4. The molecule has 14 heavy (non-hydrogen) atoms. The predicted molar refractivity (Wildman–Crippen MR) is 57.4 cm³/mol. The van der Waals surface area contributed by atoms with Crippen LogP contribution in [0.25, 0.3) is 0 Å². The normalized spacial score (nSPS) is 29.3. The lowest BCUT2D eigenvalue weighted by atomic mass is 10.2. The van der Waals surface area contributed by atoms with Gasteiger partial charge in [-0.3, -0.25) is 4.90 Å². The van der Waals surface area contributed by atoms with Gasteiger partial charge in [-0.1, -0.05) is 0 Å². The first-order valence-electron chi connectivity index (χ1n) is 4.99. The lowest BCUT2D eigenvalue weighted by Gasteiger charge is -2.34. The van der Waals surface area contributed by atoms with Gasteiger partial charge in [0.25, 0.3) is 0 Å². The van der Waals surface area contributed by atoms with Crippen LogP contribution in [0.5, 0.6) is 0 Å². The number of rotatable bonds is 2. The topological polar surface area (TPSA) is 25.4 Å². The van der Waals surface area contributed by atoms with Crippen LogP contribution in [0.1, 0.15) is 19.5 Å². The Morgan fingerprint density at radius 2 is 2.21 bits per heavy atom. The van der Waals surface area contributed by atoms with E-state index < -0.39 is 0 Å². The van der Waals surface area contributed by atoms with Gasteiger partial charge >= 0.3 is 0 Å². The third-order valence-corrected chi connectivity index (χ3v) is 3.00. The molecule has 0 spiro atoms. The van der Waals surface area contributed by atoms with Gasteiger partial charge in [0.05, 0.1) is 23.4 Å². The first-order chi connectivity index (χ1) is 6.74. The van der Waals surface area contributed by atoms with E-state index in [0.717, 1.165) is 19.6 Å². The summed E-state index contributed by atoms with van der Waals surface area (Å²) >= 11 is 1.66. The fourth-order valence-electron chi connectivity index (χ4n) is 1.96. The zero-order valence-electron chi connectivity index (χ0n) is 8.64. The maximum Gasteiger partial charge on any atom is 0.0795 e. The lowest BCUT2D eigenvalue weighted by Crippen LogP contribution is -2.44. The van der Waals surface area contributed by atoms with Crippen LogP contribution in [0.3, 0.4) is 0 Å². The zero-order valence-corrected chi connectivity index (χ0v) is 9.46. The minimum atomic E-state index is 0.345. The predicted octanol–water partition coefficient (Wildman–Crippen LogP) is 1.75. The van der Waals surface area contributed by atoms with E-state index in [1.165, 1.54) is 5.69 Å². The van der Waals surface area contributed by atoms with Crippen molar-refractivity contribution in [3.63, 3.8) is 0 Å². The standard InChI is InChI=1S/C10H16N2OS/c1-8-3-12(4-9(2)13-8)5-10-6-14-7-11-10/h6-9H,3-5H2,1-2H3. The minimum absolute atomic E-state index is 0.345. The molecule has 3 nitrogen and oxygen atoms in total. The molecular formula is C10H16N2OS. The van der Waals surface area contributed by atoms with Gasteiger partial charge in [-0.2, -0.15) is 0 Å². The molecule has 1 aliphatic rings. The summed E-state index contributed by atoms with van der Waals surface area (Å²) in [6.07, 6.45) is 0.690. The van der Waals surface area contributed by atoms with Crippen molar-refractivity contribution in [2.24, 2.45) is 0 Å². The van der Waals surface area contributed by atoms with Crippen LogP contribution in [0, 0.1) is 0 Å². The molecule has 1 saturated heterocycles. The molecule has 2 unspecified atom stereocenters. The molecule has 1 fully saturated rings. The second-order valence-electron chi connectivity index (χ2n) is 3.93. The summed E-state index contributed by atoms with van der Waals surface area (Å²) in [5.74, 6) is 0. The van der Waals surface area contributed by atoms with Gasteiger partial charge in [0.1, 0.15) is 0 Å². The van der Waals surface area contributed by atoms with Crippen LogP contribution < -0.4 is 0 Å². The summed E-state index contributed by atoms with van der Waals surface area (Å²) in [7, 11) is 0. The summed E-state index contributed by atoms with van der Waals surface area (Å²) in [4.78, 5) is 6.71. The van der Waals surface area contributed by atoms with Crippen LogP contribution in [-0.2, 0) is 11.3 Å². The van der Waals surface area contributed by atoms with E-state index >= 15 is 0 Å². The van der Waals surface area contributed by atoms with Crippen molar-refractivity contribution >= 4 is 11.3 Å². The van der Waals surface area contributed by atoms with Gasteiger partial charge < -0.3 is 4.74 Å². The van der Waals surface area contributed by atoms with Crippen LogP contribution in [0.4, 0.5) is 0 Å². The second kappa shape index (κ2) is 4.38. The minimum Gasteiger partial charge on any atom is -0.373 e. The van der Waals surface area contributed by atoms with Gasteiger partial charge in [0, 0.05) is 25.0 Å². The third-order valence-electron chi connectivity index (χ3n) is 2.36. The van der Waals surface area contributed by atoms with E-state index in [2.05, 4.69) is 29.1 Å². The Balaban J connectivity index is 1.91. The number of morpholine rings is 1. The highest BCUT2D eigenvalue weighted by Gasteiger charge is 2.22. The maximum atomic E-state index is 5.68. The quantitative estimate of drug-likeness (QED) is 0.747. The molecule has 1 aromatic heterocycles. The molecular weight excluding hydrogens is 196 g/mol. The fourth-order valence-corrected chi connectivity index (χ4v) is 2.51. The number of aromatic nitrogens is 1. The van der Waals surface area contributed by atoms with Gasteiger partial charge in [0.2, 0.25) is 0 Å². The van der Waals surface area contributed by atoms with Crippen LogP contribution in [0.15, 0.2) is 10.9 Å². The molecule has 2 rings (SSSR count). The first kappa shape index (κ1) is 10.1. The first-order valence-corrected chi connectivity index (χ1v) is 5.93. The maximum absolute atomic E-state index is 5.68. The second-order valence-corrected chi connectivity index (χ2v) is 4.65. The van der Waals surface area contributed by atoms with Crippen molar-refractivity contribution in [3.05, 3.63) is 16.6 Å². The van der Waals surface area contributed by atoms with Crippen LogP contribution >= 0.6 is 11.3 Å². The van der Waals surface area contributed by atoms with Crippen molar-refractivity contribution < 1.29 is 4.74 Å².